The largest absolute Gasteiger partial charge is 0.434 e. The number of alkyl halides is 3. The van der Waals surface area contributed by atoms with E-state index in [1.165, 1.54) is 6.07 Å². The summed E-state index contributed by atoms with van der Waals surface area (Å²) in [4.78, 5) is 11.7. The van der Waals surface area contributed by atoms with Crippen LogP contribution in [0, 0.1) is 0 Å². The zero-order valence-corrected chi connectivity index (χ0v) is 11.7. The molecule has 0 saturated carbocycles. The zero-order chi connectivity index (χ0) is 15.9. The first-order valence-electron chi connectivity index (χ1n) is 6.29. The number of nitrogens with one attached hydrogen (secondary N) is 1. The van der Waals surface area contributed by atoms with E-state index in [1.807, 2.05) is 0 Å². The van der Waals surface area contributed by atoms with Gasteiger partial charge in [-0.05, 0) is 24.3 Å². The molecule has 0 aromatic heterocycles. The molecule has 1 N–H and O–H groups in total. The third-order valence-corrected chi connectivity index (χ3v) is 3.59. The van der Waals surface area contributed by atoms with Crippen LogP contribution < -0.4 is 5.32 Å². The Balaban J connectivity index is 1.91. The van der Waals surface area contributed by atoms with Crippen LogP contribution in [-0.4, -0.2) is 5.97 Å². The summed E-state index contributed by atoms with van der Waals surface area (Å²) in [7, 11) is 0. The summed E-state index contributed by atoms with van der Waals surface area (Å²) >= 11 is 5.57. The van der Waals surface area contributed by atoms with Crippen molar-refractivity contribution >= 4 is 23.3 Å². The van der Waals surface area contributed by atoms with Gasteiger partial charge in [-0.3, -0.25) is 0 Å². The van der Waals surface area contributed by atoms with Crippen molar-refractivity contribution in [3.8, 4) is 0 Å². The van der Waals surface area contributed by atoms with Crippen LogP contribution in [0.2, 0.25) is 5.02 Å². The average Bonchev–Trinajstić information content (AvgIpc) is 2.77. The minimum Gasteiger partial charge on any atom is -0.434 e. The first kappa shape index (κ1) is 14.7. The summed E-state index contributed by atoms with van der Waals surface area (Å²) < 4.78 is 43.7. The van der Waals surface area contributed by atoms with Gasteiger partial charge < -0.3 is 10.1 Å². The van der Waals surface area contributed by atoms with Crippen LogP contribution in [0.4, 0.5) is 18.9 Å². The summed E-state index contributed by atoms with van der Waals surface area (Å²) in [6.07, 6.45) is -5.38. The van der Waals surface area contributed by atoms with Crippen molar-refractivity contribution in [2.45, 2.75) is 12.4 Å². The molecule has 114 valence electrons. The van der Waals surface area contributed by atoms with Crippen LogP contribution in [0.3, 0.4) is 0 Å². The minimum atomic E-state index is -4.56. The summed E-state index contributed by atoms with van der Waals surface area (Å²) in [6.45, 7) is 0. The monoisotopic (exact) mass is 327 g/mol. The van der Waals surface area contributed by atoms with E-state index in [9.17, 15) is 18.0 Å². The smallest absolute Gasteiger partial charge is 0.417 e. The van der Waals surface area contributed by atoms with Crippen LogP contribution in [0.5, 0.6) is 0 Å². The quantitative estimate of drug-likeness (QED) is 0.817. The van der Waals surface area contributed by atoms with Gasteiger partial charge >= 0.3 is 12.1 Å². The van der Waals surface area contributed by atoms with Crippen molar-refractivity contribution in [1.82, 2.24) is 0 Å². The summed E-state index contributed by atoms with van der Waals surface area (Å²) in [6, 6.07) is 10.1. The molecule has 1 atom stereocenters. The second kappa shape index (κ2) is 5.21. The maximum absolute atomic E-state index is 12.8. The van der Waals surface area contributed by atoms with Crippen molar-refractivity contribution in [3.63, 3.8) is 0 Å². The predicted octanol–water partition coefficient (Wildman–Crippen LogP) is 4.64. The lowest BCUT2D eigenvalue weighted by atomic mass is 10.1. The topological polar surface area (TPSA) is 38.3 Å². The van der Waals surface area contributed by atoms with E-state index in [2.05, 4.69) is 5.32 Å². The standard InChI is InChI=1S/C15H9ClF3NO2/c16-12-6-5-8(7-11(12)15(17,18)19)20-13-9-3-1-2-4-10(9)14(21)22-13/h1-7,13,20H/t13-/m1/s1. The fraction of sp³-hybridized carbons (Fsp3) is 0.133. The van der Waals surface area contributed by atoms with Crippen LogP contribution in [0.15, 0.2) is 42.5 Å². The summed E-state index contributed by atoms with van der Waals surface area (Å²) in [5.41, 5.74) is 0.184. The molecule has 0 radical (unpaired) electrons. The van der Waals surface area contributed by atoms with E-state index < -0.39 is 23.9 Å². The maximum atomic E-state index is 12.8. The molecule has 3 rings (SSSR count). The van der Waals surface area contributed by atoms with Gasteiger partial charge in [0.25, 0.3) is 0 Å². The lowest BCUT2D eigenvalue weighted by Gasteiger charge is -2.16. The van der Waals surface area contributed by atoms with Gasteiger partial charge in [-0.2, -0.15) is 13.2 Å². The predicted molar refractivity (Wildman–Crippen MR) is 74.7 cm³/mol. The molecule has 0 amide bonds. The second-order valence-corrected chi connectivity index (χ2v) is 5.12. The number of carbonyl (C=O) groups excluding carboxylic acids is 1. The normalized spacial score (nSPS) is 17.1. The third-order valence-electron chi connectivity index (χ3n) is 3.26. The van der Waals surface area contributed by atoms with Crippen LogP contribution in [-0.2, 0) is 10.9 Å². The van der Waals surface area contributed by atoms with Gasteiger partial charge in [0.2, 0.25) is 6.23 Å². The zero-order valence-electron chi connectivity index (χ0n) is 10.9. The van der Waals surface area contributed by atoms with Gasteiger partial charge in [-0.15, -0.1) is 0 Å². The molecule has 0 bridgehead atoms. The van der Waals surface area contributed by atoms with Gasteiger partial charge in [-0.1, -0.05) is 29.8 Å². The van der Waals surface area contributed by atoms with Crippen molar-refractivity contribution in [1.29, 1.82) is 0 Å². The maximum Gasteiger partial charge on any atom is 0.417 e. The Hall–Kier alpha value is -2.21. The number of halogens is 4. The molecule has 0 saturated heterocycles. The molecule has 0 fully saturated rings. The number of rotatable bonds is 2. The molecular weight excluding hydrogens is 319 g/mol. The van der Waals surface area contributed by atoms with Gasteiger partial charge in [0.15, 0.2) is 0 Å². The number of carbonyl (C=O) groups is 1. The molecule has 3 nitrogen and oxygen atoms in total. The molecule has 7 heteroatoms. The van der Waals surface area contributed by atoms with Crippen molar-refractivity contribution in [3.05, 3.63) is 64.2 Å². The van der Waals surface area contributed by atoms with Gasteiger partial charge in [0, 0.05) is 11.3 Å². The number of esters is 1. The number of anilines is 1. The highest BCUT2D eigenvalue weighted by Crippen LogP contribution is 2.38. The highest BCUT2D eigenvalue weighted by molar-refractivity contribution is 6.31. The molecule has 2 aromatic carbocycles. The number of benzene rings is 2. The third kappa shape index (κ3) is 2.62. The fourth-order valence-corrected chi connectivity index (χ4v) is 2.46. The minimum absolute atomic E-state index is 0.159. The highest BCUT2D eigenvalue weighted by atomic mass is 35.5. The number of ether oxygens (including phenoxy) is 1. The van der Waals surface area contributed by atoms with Crippen LogP contribution >= 0.6 is 11.6 Å². The van der Waals surface area contributed by atoms with E-state index in [4.69, 9.17) is 16.3 Å². The Labute approximate surface area is 128 Å². The number of hydrogen-bond donors (Lipinski definition) is 1. The van der Waals surface area contributed by atoms with E-state index in [-0.39, 0.29) is 10.7 Å². The molecule has 1 heterocycles. The van der Waals surface area contributed by atoms with Gasteiger partial charge in [-0.25, -0.2) is 4.79 Å². The Bertz CT molecular complexity index is 746. The summed E-state index contributed by atoms with van der Waals surface area (Å²) in [5, 5.41) is 2.38. The average molecular weight is 328 g/mol. The van der Waals surface area contributed by atoms with Crippen molar-refractivity contribution in [2.75, 3.05) is 5.32 Å². The Morgan fingerprint density at radius 2 is 1.86 bits per heavy atom. The van der Waals surface area contributed by atoms with E-state index >= 15 is 0 Å². The van der Waals surface area contributed by atoms with Crippen LogP contribution in [0.25, 0.3) is 0 Å². The second-order valence-electron chi connectivity index (χ2n) is 4.71. The molecule has 0 unspecified atom stereocenters. The SMILES string of the molecule is O=C1O[C@@H](Nc2ccc(Cl)c(C(F)(F)F)c2)c2ccccc21. The molecule has 22 heavy (non-hydrogen) atoms. The number of cyclic esters (lactones) is 1. The first-order valence-corrected chi connectivity index (χ1v) is 6.67. The van der Waals surface area contributed by atoms with E-state index in [1.54, 1.807) is 24.3 Å². The lowest BCUT2D eigenvalue weighted by molar-refractivity contribution is -0.137. The Morgan fingerprint density at radius 1 is 1.14 bits per heavy atom. The number of fused-ring (bicyclic) bond motifs is 1. The molecule has 2 aromatic rings. The van der Waals surface area contributed by atoms with E-state index in [0.717, 1.165) is 12.1 Å². The lowest BCUT2D eigenvalue weighted by Crippen LogP contribution is -2.12. The molecule has 1 aliphatic rings. The van der Waals surface area contributed by atoms with Gasteiger partial charge in [0.1, 0.15) is 0 Å². The molecular formula is C15H9ClF3NO2. The highest BCUT2D eigenvalue weighted by Gasteiger charge is 2.34. The molecule has 0 spiro atoms. The van der Waals surface area contributed by atoms with Crippen molar-refractivity contribution in [2.24, 2.45) is 0 Å². The van der Waals surface area contributed by atoms with Gasteiger partial charge in [0.05, 0.1) is 16.1 Å². The first-order chi connectivity index (χ1) is 10.4. The Kier molecular flexibility index (Phi) is 3.48. The molecule has 1 aliphatic heterocycles. The van der Waals surface area contributed by atoms with Crippen molar-refractivity contribution < 1.29 is 22.7 Å². The molecule has 0 aliphatic carbocycles. The Morgan fingerprint density at radius 3 is 2.59 bits per heavy atom. The van der Waals surface area contributed by atoms with E-state index in [0.29, 0.717) is 11.1 Å². The fourth-order valence-electron chi connectivity index (χ4n) is 2.24. The van der Waals surface area contributed by atoms with Crippen LogP contribution in [0.1, 0.15) is 27.7 Å². The number of hydrogen-bond acceptors (Lipinski definition) is 3. The summed E-state index contributed by atoms with van der Waals surface area (Å²) in [5.74, 6) is -0.516.